The second-order valence-electron chi connectivity index (χ2n) is 3.18. The maximum Gasteiger partial charge on any atom is 0.305 e. The van der Waals surface area contributed by atoms with Crippen LogP contribution in [0.5, 0.6) is 0 Å². The van der Waals surface area contributed by atoms with E-state index in [4.69, 9.17) is 10.5 Å². The number of rotatable bonds is 3. The van der Waals surface area contributed by atoms with Crippen molar-refractivity contribution in [1.29, 1.82) is 0 Å². The molecule has 4 heteroatoms. The molecular weight excluding hydrogens is 178 g/mol. The van der Waals surface area contributed by atoms with Gasteiger partial charge in [0.05, 0.1) is 0 Å². The zero-order chi connectivity index (χ0) is 9.80. The fourth-order valence-electron chi connectivity index (χ4n) is 1.36. The molecule has 0 bridgehead atoms. The lowest BCUT2D eigenvalue weighted by molar-refractivity contribution is 0.169. The largest absolute Gasteiger partial charge is 0.441 e. The molecule has 0 saturated carbocycles. The summed E-state index contributed by atoms with van der Waals surface area (Å²) in [6.45, 7) is 1.31. The molecule has 2 N–H and O–H groups in total. The number of nitrogens with zero attached hydrogens (tertiary/aromatic N) is 2. The first-order valence-electron chi connectivity index (χ1n) is 4.60. The molecule has 0 amide bonds. The number of benzene rings is 1. The van der Waals surface area contributed by atoms with Crippen LogP contribution >= 0.6 is 0 Å². The second kappa shape index (κ2) is 4.00. The molecule has 0 aliphatic carbocycles. The van der Waals surface area contributed by atoms with Gasteiger partial charge in [-0.2, -0.15) is 0 Å². The molecule has 2 rings (SSSR count). The molecule has 14 heavy (non-hydrogen) atoms. The van der Waals surface area contributed by atoms with Crippen molar-refractivity contribution in [3.8, 4) is 0 Å². The lowest BCUT2D eigenvalue weighted by Crippen LogP contribution is -2.17. The maximum absolute atomic E-state index is 5.38. The third kappa shape index (κ3) is 2.16. The summed E-state index contributed by atoms with van der Waals surface area (Å²) in [5.41, 5.74) is 6.68. The molecule has 0 atom stereocenters. The Kier molecular flexibility index (Phi) is 2.53. The maximum atomic E-state index is 5.38. The normalized spacial score (nSPS) is 15.1. The van der Waals surface area contributed by atoms with Crippen LogP contribution in [0.25, 0.3) is 0 Å². The van der Waals surface area contributed by atoms with E-state index in [1.54, 1.807) is 0 Å². The smallest absolute Gasteiger partial charge is 0.305 e. The molecule has 0 saturated heterocycles. The Bertz CT molecular complexity index is 323. The summed E-state index contributed by atoms with van der Waals surface area (Å²) < 4.78 is 5.01. The molecule has 74 valence electrons. The fourth-order valence-corrected chi connectivity index (χ4v) is 1.36. The fraction of sp³-hybridized carbons (Fsp3) is 0.300. The van der Waals surface area contributed by atoms with E-state index in [1.807, 2.05) is 23.2 Å². The topological polar surface area (TPSA) is 50.8 Å². The van der Waals surface area contributed by atoms with Crippen molar-refractivity contribution in [2.45, 2.75) is 6.42 Å². The minimum atomic E-state index is 0.262. The van der Waals surface area contributed by atoms with Gasteiger partial charge in [-0.15, -0.1) is 5.10 Å². The predicted molar refractivity (Wildman–Crippen MR) is 54.4 cm³/mol. The van der Waals surface area contributed by atoms with Gasteiger partial charge in [0, 0.05) is 6.54 Å². The van der Waals surface area contributed by atoms with Gasteiger partial charge in [-0.1, -0.05) is 30.3 Å². The minimum Gasteiger partial charge on any atom is -0.441 e. The third-order valence-corrected chi connectivity index (χ3v) is 2.10. The van der Waals surface area contributed by atoms with Gasteiger partial charge in [0.2, 0.25) is 0 Å². The van der Waals surface area contributed by atoms with Gasteiger partial charge < -0.3 is 10.5 Å². The van der Waals surface area contributed by atoms with Gasteiger partial charge in [-0.25, -0.2) is 0 Å². The molecule has 1 aromatic rings. The molecule has 4 nitrogen and oxygen atoms in total. The van der Waals surface area contributed by atoms with Crippen LogP contribution in [0.2, 0.25) is 0 Å². The zero-order valence-corrected chi connectivity index (χ0v) is 7.89. The molecule has 1 aliphatic rings. The van der Waals surface area contributed by atoms with E-state index < -0.39 is 0 Å². The first-order chi connectivity index (χ1) is 6.84. The molecule has 0 spiro atoms. The summed E-state index contributed by atoms with van der Waals surface area (Å²) in [6.07, 6.45) is 0.959. The highest BCUT2D eigenvalue weighted by atomic mass is 16.5. The van der Waals surface area contributed by atoms with Crippen LogP contribution in [0.15, 0.2) is 35.4 Å². The molecule has 1 aromatic carbocycles. The number of hydrazone groups is 1. The van der Waals surface area contributed by atoms with E-state index in [-0.39, 0.29) is 6.02 Å². The number of hydrogen-bond acceptors (Lipinski definition) is 4. The first kappa shape index (κ1) is 8.87. The van der Waals surface area contributed by atoms with Crippen molar-refractivity contribution in [3.63, 3.8) is 0 Å². The van der Waals surface area contributed by atoms with Crippen molar-refractivity contribution < 1.29 is 4.74 Å². The van der Waals surface area contributed by atoms with Crippen molar-refractivity contribution in [1.82, 2.24) is 5.01 Å². The zero-order valence-electron chi connectivity index (χ0n) is 7.89. The number of amidine groups is 1. The van der Waals surface area contributed by atoms with Crippen LogP contribution in [0.3, 0.4) is 0 Å². The van der Waals surface area contributed by atoms with Crippen LogP contribution < -0.4 is 5.73 Å². The van der Waals surface area contributed by atoms with E-state index in [0.717, 1.165) is 13.0 Å². The SMILES string of the molecule is NC1=NN(CCc2ccccc2)CO1. The van der Waals surface area contributed by atoms with Gasteiger partial charge in [0.25, 0.3) is 0 Å². The molecule has 1 aliphatic heterocycles. The Balaban J connectivity index is 1.84. The molecule has 1 heterocycles. The summed E-state index contributed by atoms with van der Waals surface area (Å²) in [6, 6.07) is 10.5. The van der Waals surface area contributed by atoms with Gasteiger partial charge >= 0.3 is 6.02 Å². The Morgan fingerprint density at radius 2 is 2.14 bits per heavy atom. The van der Waals surface area contributed by atoms with E-state index in [2.05, 4.69) is 17.2 Å². The lowest BCUT2D eigenvalue weighted by Gasteiger charge is -2.10. The summed E-state index contributed by atoms with van der Waals surface area (Å²) in [4.78, 5) is 0. The van der Waals surface area contributed by atoms with Gasteiger partial charge in [-0.05, 0) is 12.0 Å². The Hall–Kier alpha value is -1.71. The number of hydrogen-bond donors (Lipinski definition) is 1. The number of nitrogens with two attached hydrogens (primary N) is 1. The van der Waals surface area contributed by atoms with Crippen LogP contribution in [0.4, 0.5) is 0 Å². The third-order valence-electron chi connectivity index (χ3n) is 2.10. The lowest BCUT2D eigenvalue weighted by atomic mass is 10.1. The molecule has 0 fully saturated rings. The Labute approximate surface area is 83.0 Å². The van der Waals surface area contributed by atoms with Gasteiger partial charge in [0.15, 0.2) is 6.73 Å². The average molecular weight is 191 g/mol. The first-order valence-corrected chi connectivity index (χ1v) is 4.60. The van der Waals surface area contributed by atoms with Crippen LogP contribution in [-0.2, 0) is 11.2 Å². The summed E-state index contributed by atoms with van der Waals surface area (Å²) in [5, 5.41) is 5.83. The predicted octanol–water partition coefficient (Wildman–Crippen LogP) is 0.748. The van der Waals surface area contributed by atoms with Crippen molar-refractivity contribution in [2.24, 2.45) is 10.8 Å². The standard InChI is InChI=1S/C10H13N3O/c11-10-12-13(8-14-10)7-6-9-4-2-1-3-5-9/h1-5H,6-8H2,(H2,11,12). The van der Waals surface area contributed by atoms with Crippen molar-refractivity contribution in [2.75, 3.05) is 13.3 Å². The second-order valence-corrected chi connectivity index (χ2v) is 3.18. The van der Waals surface area contributed by atoms with Crippen LogP contribution in [0.1, 0.15) is 5.56 Å². The van der Waals surface area contributed by atoms with Crippen molar-refractivity contribution in [3.05, 3.63) is 35.9 Å². The quantitative estimate of drug-likeness (QED) is 0.767. The van der Waals surface area contributed by atoms with Crippen LogP contribution in [0, 0.1) is 0 Å². The van der Waals surface area contributed by atoms with E-state index in [0.29, 0.717) is 6.73 Å². The summed E-state index contributed by atoms with van der Waals surface area (Å²) in [5.74, 6) is 0. The molecular formula is C10H13N3O. The van der Waals surface area contributed by atoms with E-state index in [9.17, 15) is 0 Å². The van der Waals surface area contributed by atoms with Gasteiger partial charge in [-0.3, -0.25) is 5.01 Å². The minimum absolute atomic E-state index is 0.262. The molecule has 0 aromatic heterocycles. The Morgan fingerprint density at radius 3 is 2.79 bits per heavy atom. The molecule has 0 radical (unpaired) electrons. The monoisotopic (exact) mass is 191 g/mol. The Morgan fingerprint density at radius 1 is 1.36 bits per heavy atom. The highest BCUT2D eigenvalue weighted by Gasteiger charge is 2.11. The van der Waals surface area contributed by atoms with Crippen molar-refractivity contribution >= 4 is 6.02 Å². The van der Waals surface area contributed by atoms with Gasteiger partial charge in [0.1, 0.15) is 0 Å². The highest BCUT2D eigenvalue weighted by Crippen LogP contribution is 2.04. The van der Waals surface area contributed by atoms with E-state index >= 15 is 0 Å². The summed E-state index contributed by atoms with van der Waals surface area (Å²) in [7, 11) is 0. The average Bonchev–Trinajstić information content (AvgIpc) is 2.63. The van der Waals surface area contributed by atoms with Crippen LogP contribution in [-0.4, -0.2) is 24.3 Å². The number of ether oxygens (including phenoxy) is 1. The summed E-state index contributed by atoms with van der Waals surface area (Å²) >= 11 is 0. The molecule has 0 unspecified atom stereocenters. The van der Waals surface area contributed by atoms with E-state index in [1.165, 1.54) is 5.56 Å². The highest BCUT2D eigenvalue weighted by molar-refractivity contribution is 5.71.